The lowest BCUT2D eigenvalue weighted by molar-refractivity contribution is -0.387. The van der Waals surface area contributed by atoms with Gasteiger partial charge in [0, 0.05) is 17.4 Å². The molecule has 0 spiro atoms. The maximum atomic E-state index is 11.0. The van der Waals surface area contributed by atoms with E-state index in [9.17, 15) is 10.1 Å². The quantitative estimate of drug-likeness (QED) is 0.678. The first kappa shape index (κ1) is 14.3. The lowest BCUT2D eigenvalue weighted by atomic mass is 9.75. The van der Waals surface area contributed by atoms with Crippen molar-refractivity contribution in [2.45, 2.75) is 49.3 Å². The number of nitrogens with two attached hydrogens (primary N) is 1. The maximum Gasteiger partial charge on any atom is 0.282 e. The van der Waals surface area contributed by atoms with Gasteiger partial charge in [0.2, 0.25) is 0 Å². The summed E-state index contributed by atoms with van der Waals surface area (Å²) in [5.74, 6) is 0. The Morgan fingerprint density at radius 1 is 1.42 bits per heavy atom. The minimum atomic E-state index is -0.318. The van der Waals surface area contributed by atoms with Gasteiger partial charge in [0.25, 0.3) is 5.69 Å². The molecule has 104 valence electrons. The predicted octanol–water partition coefficient (Wildman–Crippen LogP) is 3.59. The highest BCUT2D eigenvalue weighted by Crippen LogP contribution is 2.43. The van der Waals surface area contributed by atoms with Crippen molar-refractivity contribution in [2.24, 2.45) is 11.1 Å². The molecule has 1 fully saturated rings. The molecule has 2 rings (SSSR count). The van der Waals surface area contributed by atoms with Crippen LogP contribution >= 0.6 is 11.8 Å². The van der Waals surface area contributed by atoms with Crippen LogP contribution in [0.1, 0.15) is 33.1 Å². The van der Waals surface area contributed by atoms with E-state index in [2.05, 4.69) is 13.8 Å². The molecule has 0 aliphatic heterocycles. The van der Waals surface area contributed by atoms with Crippen molar-refractivity contribution in [3.63, 3.8) is 0 Å². The van der Waals surface area contributed by atoms with Gasteiger partial charge in [-0.2, -0.15) is 0 Å². The van der Waals surface area contributed by atoms with Crippen molar-refractivity contribution in [2.75, 3.05) is 0 Å². The van der Waals surface area contributed by atoms with E-state index in [1.54, 1.807) is 23.9 Å². The van der Waals surface area contributed by atoms with Crippen LogP contribution < -0.4 is 5.73 Å². The van der Waals surface area contributed by atoms with Crippen LogP contribution in [-0.2, 0) is 0 Å². The van der Waals surface area contributed by atoms with Crippen LogP contribution in [0.25, 0.3) is 0 Å². The normalized spacial score (nSPS) is 26.1. The number of hydrogen-bond acceptors (Lipinski definition) is 4. The molecule has 4 nitrogen and oxygen atoms in total. The molecule has 0 heterocycles. The first-order chi connectivity index (χ1) is 8.89. The number of nitro groups is 1. The summed E-state index contributed by atoms with van der Waals surface area (Å²) in [5.41, 5.74) is 6.64. The second-order valence-corrected chi connectivity index (χ2v) is 7.23. The van der Waals surface area contributed by atoms with E-state index in [1.165, 1.54) is 0 Å². The highest BCUT2D eigenvalue weighted by atomic mass is 32.2. The first-order valence-electron chi connectivity index (χ1n) is 6.55. The van der Waals surface area contributed by atoms with Crippen LogP contribution in [0.3, 0.4) is 0 Å². The standard InChI is InChI=1S/C14H20N2O2S/c1-14(2)8-7-10(15)13(9-14)19-12-6-4-3-5-11(12)16(17)18/h3-6,10,13H,7-9,15H2,1-2H3. The highest BCUT2D eigenvalue weighted by Gasteiger charge is 2.34. The van der Waals surface area contributed by atoms with Gasteiger partial charge in [-0.1, -0.05) is 26.0 Å². The third kappa shape index (κ3) is 3.48. The topological polar surface area (TPSA) is 69.2 Å². The van der Waals surface area contributed by atoms with Gasteiger partial charge in [0.15, 0.2) is 0 Å². The van der Waals surface area contributed by atoms with Gasteiger partial charge in [-0.25, -0.2) is 0 Å². The molecule has 1 saturated carbocycles. The fourth-order valence-electron chi connectivity index (χ4n) is 2.54. The van der Waals surface area contributed by atoms with Gasteiger partial charge >= 0.3 is 0 Å². The molecule has 1 aliphatic rings. The third-order valence-electron chi connectivity index (χ3n) is 3.73. The van der Waals surface area contributed by atoms with E-state index >= 15 is 0 Å². The van der Waals surface area contributed by atoms with Gasteiger partial charge in [-0.05, 0) is 30.7 Å². The van der Waals surface area contributed by atoms with Crippen molar-refractivity contribution in [3.05, 3.63) is 34.4 Å². The van der Waals surface area contributed by atoms with Crippen molar-refractivity contribution in [3.8, 4) is 0 Å². The Labute approximate surface area is 117 Å². The van der Waals surface area contributed by atoms with Gasteiger partial charge < -0.3 is 5.73 Å². The van der Waals surface area contributed by atoms with Crippen molar-refractivity contribution >= 4 is 17.4 Å². The number of nitro benzene ring substituents is 1. The lowest BCUT2D eigenvalue weighted by Crippen LogP contribution is -2.41. The Bertz CT molecular complexity index is 476. The fraction of sp³-hybridized carbons (Fsp3) is 0.571. The maximum absolute atomic E-state index is 11.0. The van der Waals surface area contributed by atoms with E-state index in [0.717, 1.165) is 24.2 Å². The lowest BCUT2D eigenvalue weighted by Gasteiger charge is -2.38. The molecule has 1 aromatic carbocycles. The van der Waals surface area contributed by atoms with Crippen LogP contribution in [0.4, 0.5) is 5.69 Å². The Balaban J connectivity index is 2.18. The van der Waals surface area contributed by atoms with Gasteiger partial charge in [0.1, 0.15) is 0 Å². The molecule has 2 unspecified atom stereocenters. The van der Waals surface area contributed by atoms with Crippen molar-refractivity contribution in [1.29, 1.82) is 0 Å². The number of rotatable bonds is 3. The van der Waals surface area contributed by atoms with Gasteiger partial charge in [-0.3, -0.25) is 10.1 Å². The molecule has 2 N–H and O–H groups in total. The average molecular weight is 280 g/mol. The van der Waals surface area contributed by atoms with Gasteiger partial charge in [0.05, 0.1) is 9.82 Å². The summed E-state index contributed by atoms with van der Waals surface area (Å²) in [7, 11) is 0. The molecule has 0 saturated heterocycles. The molecule has 1 aliphatic carbocycles. The summed E-state index contributed by atoms with van der Waals surface area (Å²) in [6.45, 7) is 4.48. The molecule has 2 atom stereocenters. The Morgan fingerprint density at radius 3 is 2.79 bits per heavy atom. The van der Waals surface area contributed by atoms with E-state index in [0.29, 0.717) is 0 Å². The van der Waals surface area contributed by atoms with Gasteiger partial charge in [-0.15, -0.1) is 11.8 Å². The zero-order valence-electron chi connectivity index (χ0n) is 11.3. The van der Waals surface area contributed by atoms with E-state index in [1.807, 2.05) is 12.1 Å². The van der Waals surface area contributed by atoms with Crippen LogP contribution in [0.5, 0.6) is 0 Å². The smallest absolute Gasteiger partial charge is 0.282 e. The average Bonchev–Trinajstić information content (AvgIpc) is 2.34. The fourth-order valence-corrected chi connectivity index (χ4v) is 4.13. The molecule has 19 heavy (non-hydrogen) atoms. The molecule has 0 radical (unpaired) electrons. The predicted molar refractivity (Wildman–Crippen MR) is 78.3 cm³/mol. The highest BCUT2D eigenvalue weighted by molar-refractivity contribution is 8.00. The zero-order valence-corrected chi connectivity index (χ0v) is 12.2. The summed E-state index contributed by atoms with van der Waals surface area (Å²) in [5, 5.41) is 11.3. The largest absolute Gasteiger partial charge is 0.327 e. The van der Waals surface area contributed by atoms with E-state index in [-0.39, 0.29) is 27.3 Å². The SMILES string of the molecule is CC1(C)CCC(N)C(Sc2ccccc2[N+](=O)[O-])C1. The van der Waals surface area contributed by atoms with Crippen LogP contribution in [0.15, 0.2) is 29.2 Å². The Hall–Kier alpha value is -1.07. The number of thioether (sulfide) groups is 1. The summed E-state index contributed by atoms with van der Waals surface area (Å²) in [6.07, 6.45) is 3.12. The Morgan fingerprint density at radius 2 is 2.11 bits per heavy atom. The van der Waals surface area contributed by atoms with Crippen LogP contribution in [-0.4, -0.2) is 16.2 Å². The second kappa shape index (κ2) is 5.51. The number of hydrogen-bond donors (Lipinski definition) is 1. The summed E-state index contributed by atoms with van der Waals surface area (Å²) >= 11 is 1.56. The monoisotopic (exact) mass is 280 g/mol. The molecular weight excluding hydrogens is 260 g/mol. The molecular formula is C14H20N2O2S. The number of nitrogens with zero attached hydrogens (tertiary/aromatic N) is 1. The van der Waals surface area contributed by atoms with Crippen LogP contribution in [0, 0.1) is 15.5 Å². The summed E-state index contributed by atoms with van der Waals surface area (Å²) in [4.78, 5) is 11.4. The van der Waals surface area contributed by atoms with E-state index < -0.39 is 0 Å². The zero-order chi connectivity index (χ0) is 14.0. The molecule has 5 heteroatoms. The van der Waals surface area contributed by atoms with Crippen LogP contribution in [0.2, 0.25) is 0 Å². The summed E-state index contributed by atoms with van der Waals surface area (Å²) < 4.78 is 0. The second-order valence-electron chi connectivity index (χ2n) is 5.95. The Kier molecular flexibility index (Phi) is 4.16. The number of benzene rings is 1. The summed E-state index contributed by atoms with van der Waals surface area (Å²) in [6, 6.07) is 7.04. The van der Waals surface area contributed by atoms with Crippen molar-refractivity contribution < 1.29 is 4.92 Å². The molecule has 0 aromatic heterocycles. The minimum Gasteiger partial charge on any atom is -0.327 e. The minimum absolute atomic E-state index is 0.123. The molecule has 0 amide bonds. The third-order valence-corrected chi connectivity index (χ3v) is 5.14. The van der Waals surface area contributed by atoms with E-state index in [4.69, 9.17) is 5.73 Å². The number of para-hydroxylation sites is 1. The molecule has 1 aromatic rings. The molecule has 0 bridgehead atoms. The van der Waals surface area contributed by atoms with Crippen molar-refractivity contribution in [1.82, 2.24) is 0 Å². The first-order valence-corrected chi connectivity index (χ1v) is 7.43.